The van der Waals surface area contributed by atoms with Crippen LogP contribution in [0.1, 0.15) is 5.01 Å². The van der Waals surface area contributed by atoms with Crippen molar-refractivity contribution < 1.29 is 8.42 Å². The van der Waals surface area contributed by atoms with Gasteiger partial charge in [0.05, 0.1) is 25.8 Å². The van der Waals surface area contributed by atoms with Gasteiger partial charge in [0.2, 0.25) is 10.0 Å². The van der Waals surface area contributed by atoms with Crippen molar-refractivity contribution in [2.45, 2.75) is 11.8 Å². The van der Waals surface area contributed by atoms with Crippen LogP contribution in [0.4, 0.5) is 5.82 Å². The first-order valence-electron chi connectivity index (χ1n) is 11.4. The van der Waals surface area contributed by atoms with Crippen molar-refractivity contribution in [3.63, 3.8) is 0 Å². The molecule has 1 aliphatic rings. The highest BCUT2D eigenvalue weighted by molar-refractivity contribution is 7.89. The fraction of sp³-hybridized carbons (Fsp3) is 0.192. The van der Waals surface area contributed by atoms with E-state index in [4.69, 9.17) is 0 Å². The van der Waals surface area contributed by atoms with Crippen LogP contribution in [0.25, 0.3) is 32.2 Å². The molecular formula is C26H23N5O2S2. The molecule has 0 amide bonds. The summed E-state index contributed by atoms with van der Waals surface area (Å²) in [6, 6.07) is 23.6. The van der Waals surface area contributed by atoms with E-state index in [1.54, 1.807) is 22.5 Å². The predicted octanol–water partition coefficient (Wildman–Crippen LogP) is 4.73. The highest BCUT2D eigenvalue weighted by atomic mass is 32.2. The number of benzene rings is 3. The van der Waals surface area contributed by atoms with Gasteiger partial charge in [-0.25, -0.2) is 13.4 Å². The summed E-state index contributed by atoms with van der Waals surface area (Å²) in [6.45, 7) is 3.85. The highest BCUT2D eigenvalue weighted by Gasteiger charge is 2.29. The van der Waals surface area contributed by atoms with Crippen LogP contribution in [-0.4, -0.2) is 54.1 Å². The lowest BCUT2D eigenvalue weighted by Crippen LogP contribution is -2.48. The quantitative estimate of drug-likeness (QED) is 0.354. The Balaban J connectivity index is 1.16. The topological polar surface area (TPSA) is 79.3 Å². The molecule has 0 N–H and O–H groups in total. The van der Waals surface area contributed by atoms with Crippen LogP contribution in [-0.2, 0) is 10.0 Å². The van der Waals surface area contributed by atoms with Gasteiger partial charge >= 0.3 is 0 Å². The number of piperazine rings is 1. The van der Waals surface area contributed by atoms with Crippen molar-refractivity contribution in [1.29, 1.82) is 0 Å². The van der Waals surface area contributed by atoms with E-state index in [1.165, 1.54) is 16.7 Å². The number of anilines is 1. The molecule has 35 heavy (non-hydrogen) atoms. The van der Waals surface area contributed by atoms with E-state index < -0.39 is 10.0 Å². The van der Waals surface area contributed by atoms with Crippen LogP contribution in [0.3, 0.4) is 0 Å². The lowest BCUT2D eigenvalue weighted by Gasteiger charge is -2.34. The number of sulfonamides is 1. The molecule has 3 aromatic carbocycles. The maximum absolute atomic E-state index is 13.2. The molecule has 0 aliphatic carbocycles. The first-order chi connectivity index (χ1) is 17.0. The molecule has 1 saturated heterocycles. The molecule has 0 saturated carbocycles. The Hall–Kier alpha value is -3.40. The molecule has 0 radical (unpaired) electrons. The molecule has 6 rings (SSSR count). The molecule has 0 atom stereocenters. The fourth-order valence-corrected chi connectivity index (χ4v) is 6.87. The second kappa shape index (κ2) is 8.67. The van der Waals surface area contributed by atoms with E-state index in [2.05, 4.69) is 50.4 Å². The molecule has 0 spiro atoms. The Labute approximate surface area is 207 Å². The first kappa shape index (κ1) is 22.1. The van der Waals surface area contributed by atoms with Gasteiger partial charge in [-0.15, -0.1) is 21.5 Å². The molecule has 2 aromatic heterocycles. The largest absolute Gasteiger partial charge is 0.352 e. The van der Waals surface area contributed by atoms with E-state index in [-0.39, 0.29) is 0 Å². The standard InChI is InChI=1S/C26H23N5O2S2/c1-18-27-24-9-8-22(17-25(24)34-18)35(32,33)31-14-12-30(13-15-31)26-11-10-23(28-29-26)21-7-6-19-4-2-3-5-20(19)16-21/h2-11,16-17H,12-15H2,1H3. The Bertz CT molecular complexity index is 1640. The van der Waals surface area contributed by atoms with E-state index in [0.29, 0.717) is 31.1 Å². The molecule has 7 nitrogen and oxygen atoms in total. The SMILES string of the molecule is Cc1nc2ccc(S(=O)(=O)N3CCN(c4ccc(-c5ccc6ccccc6c5)nn4)CC3)cc2s1. The minimum Gasteiger partial charge on any atom is -0.352 e. The van der Waals surface area contributed by atoms with Crippen molar-refractivity contribution >= 4 is 48.2 Å². The minimum atomic E-state index is -3.56. The van der Waals surface area contributed by atoms with E-state index in [0.717, 1.165) is 37.7 Å². The zero-order chi connectivity index (χ0) is 24.0. The van der Waals surface area contributed by atoms with Crippen LogP contribution in [0.2, 0.25) is 0 Å². The van der Waals surface area contributed by atoms with Crippen molar-refractivity contribution in [2.24, 2.45) is 0 Å². The van der Waals surface area contributed by atoms with Crippen molar-refractivity contribution in [3.8, 4) is 11.3 Å². The summed E-state index contributed by atoms with van der Waals surface area (Å²) in [4.78, 5) is 6.82. The third-order valence-corrected chi connectivity index (χ3v) is 9.19. The third-order valence-electron chi connectivity index (χ3n) is 6.36. The Kier molecular flexibility index (Phi) is 5.47. The van der Waals surface area contributed by atoms with Crippen molar-refractivity contribution in [2.75, 3.05) is 31.1 Å². The molecule has 0 unspecified atom stereocenters. The number of rotatable bonds is 4. The summed E-state index contributed by atoms with van der Waals surface area (Å²) in [5, 5.41) is 12.2. The number of aromatic nitrogens is 3. The summed E-state index contributed by atoms with van der Waals surface area (Å²) in [7, 11) is -3.56. The average Bonchev–Trinajstić information content (AvgIpc) is 3.28. The zero-order valence-corrected chi connectivity index (χ0v) is 20.8. The number of fused-ring (bicyclic) bond motifs is 2. The molecule has 5 aromatic rings. The Morgan fingerprint density at radius 3 is 2.40 bits per heavy atom. The van der Waals surface area contributed by atoms with Gasteiger partial charge in [0.1, 0.15) is 0 Å². The van der Waals surface area contributed by atoms with Crippen LogP contribution in [0, 0.1) is 6.92 Å². The van der Waals surface area contributed by atoms with Crippen molar-refractivity contribution in [1.82, 2.24) is 19.5 Å². The fourth-order valence-electron chi connectivity index (χ4n) is 4.48. The number of hydrogen-bond donors (Lipinski definition) is 0. The summed E-state index contributed by atoms with van der Waals surface area (Å²) < 4.78 is 28.9. The Morgan fingerprint density at radius 1 is 0.829 bits per heavy atom. The molecule has 1 fully saturated rings. The van der Waals surface area contributed by atoms with E-state index in [1.807, 2.05) is 31.2 Å². The second-order valence-electron chi connectivity index (χ2n) is 8.59. The first-order valence-corrected chi connectivity index (χ1v) is 13.7. The van der Waals surface area contributed by atoms with Gasteiger partial charge in [-0.3, -0.25) is 0 Å². The van der Waals surface area contributed by atoms with Crippen LogP contribution in [0.15, 0.2) is 77.7 Å². The molecule has 3 heterocycles. The van der Waals surface area contributed by atoms with Gasteiger partial charge in [0.25, 0.3) is 0 Å². The molecule has 176 valence electrons. The maximum Gasteiger partial charge on any atom is 0.243 e. The monoisotopic (exact) mass is 501 g/mol. The summed E-state index contributed by atoms with van der Waals surface area (Å²) in [5.74, 6) is 0.758. The van der Waals surface area contributed by atoms with E-state index >= 15 is 0 Å². The van der Waals surface area contributed by atoms with Gasteiger partial charge in [0, 0.05) is 31.7 Å². The van der Waals surface area contributed by atoms with Crippen LogP contribution >= 0.6 is 11.3 Å². The molecule has 9 heteroatoms. The summed E-state index contributed by atoms with van der Waals surface area (Å²) in [6.07, 6.45) is 0. The molecular weight excluding hydrogens is 478 g/mol. The lowest BCUT2D eigenvalue weighted by molar-refractivity contribution is 0.383. The highest BCUT2D eigenvalue weighted by Crippen LogP contribution is 2.28. The van der Waals surface area contributed by atoms with E-state index in [9.17, 15) is 8.42 Å². The average molecular weight is 502 g/mol. The van der Waals surface area contributed by atoms with Gasteiger partial charge in [-0.2, -0.15) is 4.31 Å². The van der Waals surface area contributed by atoms with Gasteiger partial charge in [-0.05, 0) is 54.1 Å². The number of thiazole rings is 1. The second-order valence-corrected chi connectivity index (χ2v) is 11.8. The third kappa shape index (κ3) is 4.16. The molecule has 1 aliphatic heterocycles. The molecule has 0 bridgehead atoms. The van der Waals surface area contributed by atoms with Crippen LogP contribution < -0.4 is 4.90 Å². The zero-order valence-electron chi connectivity index (χ0n) is 19.1. The summed E-state index contributed by atoms with van der Waals surface area (Å²) >= 11 is 1.51. The van der Waals surface area contributed by atoms with Gasteiger partial charge in [-0.1, -0.05) is 36.4 Å². The number of hydrogen-bond acceptors (Lipinski definition) is 7. The predicted molar refractivity (Wildman–Crippen MR) is 140 cm³/mol. The number of aryl methyl sites for hydroxylation is 1. The Morgan fingerprint density at radius 2 is 1.63 bits per heavy atom. The minimum absolute atomic E-state index is 0.321. The normalized spacial score (nSPS) is 15.2. The number of nitrogens with zero attached hydrogens (tertiary/aromatic N) is 5. The smallest absolute Gasteiger partial charge is 0.243 e. The van der Waals surface area contributed by atoms with Crippen LogP contribution in [0.5, 0.6) is 0 Å². The lowest BCUT2D eigenvalue weighted by atomic mass is 10.1. The van der Waals surface area contributed by atoms with Gasteiger partial charge < -0.3 is 4.90 Å². The van der Waals surface area contributed by atoms with Crippen molar-refractivity contribution in [3.05, 3.63) is 77.8 Å². The maximum atomic E-state index is 13.2. The summed E-state index contributed by atoms with van der Waals surface area (Å²) in [5.41, 5.74) is 2.67. The van der Waals surface area contributed by atoms with Gasteiger partial charge in [0.15, 0.2) is 5.82 Å².